The Morgan fingerprint density at radius 3 is 2.48 bits per heavy atom. The molecule has 144 valence electrons. The second-order valence-corrected chi connectivity index (χ2v) is 7.48. The highest BCUT2D eigenvalue weighted by Gasteiger charge is 2.09. The number of methoxy groups -OCH3 is 1. The van der Waals surface area contributed by atoms with Crippen molar-refractivity contribution < 1.29 is 9.53 Å². The van der Waals surface area contributed by atoms with Crippen LogP contribution in [0.1, 0.15) is 11.1 Å². The molecule has 0 saturated carbocycles. The van der Waals surface area contributed by atoms with E-state index in [-0.39, 0.29) is 12.3 Å². The van der Waals surface area contributed by atoms with Gasteiger partial charge in [0.25, 0.3) is 0 Å². The van der Waals surface area contributed by atoms with Crippen LogP contribution in [0.2, 0.25) is 0 Å². The molecule has 0 aliphatic rings. The predicted octanol–water partition coefficient (Wildman–Crippen LogP) is 5.46. The molecule has 4 aromatic carbocycles. The largest absolute Gasteiger partial charge is 0.496 e. The zero-order chi connectivity index (χ0) is 20.2. The zero-order valence-corrected chi connectivity index (χ0v) is 17.4. The van der Waals surface area contributed by atoms with Crippen LogP contribution in [0.5, 0.6) is 5.75 Å². The van der Waals surface area contributed by atoms with Gasteiger partial charge in [0.05, 0.1) is 19.7 Å². The van der Waals surface area contributed by atoms with Crippen molar-refractivity contribution in [1.82, 2.24) is 5.43 Å². The summed E-state index contributed by atoms with van der Waals surface area (Å²) in [6, 6.07) is 23.8. The molecule has 0 fully saturated rings. The number of halogens is 1. The summed E-state index contributed by atoms with van der Waals surface area (Å²) in [5.74, 6) is 0.536. The van der Waals surface area contributed by atoms with Gasteiger partial charge in [-0.2, -0.15) is 5.10 Å². The number of rotatable bonds is 5. The molecule has 0 aliphatic heterocycles. The topological polar surface area (TPSA) is 50.7 Å². The van der Waals surface area contributed by atoms with Crippen molar-refractivity contribution in [3.05, 3.63) is 88.4 Å². The molecular formula is C24H19BrN2O2. The van der Waals surface area contributed by atoms with E-state index in [9.17, 15) is 4.79 Å². The second-order valence-electron chi connectivity index (χ2n) is 6.62. The minimum atomic E-state index is -0.173. The minimum Gasteiger partial charge on any atom is -0.496 e. The van der Waals surface area contributed by atoms with E-state index in [0.717, 1.165) is 37.1 Å². The van der Waals surface area contributed by atoms with Crippen molar-refractivity contribution in [2.75, 3.05) is 7.11 Å². The summed E-state index contributed by atoms with van der Waals surface area (Å²) in [5.41, 5.74) is 4.43. The summed E-state index contributed by atoms with van der Waals surface area (Å²) in [6.45, 7) is 0. The number of fused-ring (bicyclic) bond motifs is 2. The molecule has 4 aromatic rings. The molecule has 4 rings (SSSR count). The number of nitrogens with one attached hydrogen (secondary N) is 1. The summed E-state index contributed by atoms with van der Waals surface area (Å²) < 4.78 is 6.47. The Bertz CT molecular complexity index is 1230. The van der Waals surface area contributed by atoms with Gasteiger partial charge in [-0.15, -0.1) is 0 Å². The van der Waals surface area contributed by atoms with Gasteiger partial charge in [0.1, 0.15) is 5.75 Å². The molecule has 0 heterocycles. The highest BCUT2D eigenvalue weighted by atomic mass is 79.9. The number of ether oxygens (including phenoxy) is 1. The lowest BCUT2D eigenvalue weighted by Crippen LogP contribution is -2.20. The SMILES string of the molecule is COc1ccc2ccccc2c1/C=N\NC(=O)Cc1ccc(Br)c2ccccc12. The monoisotopic (exact) mass is 446 g/mol. The second kappa shape index (κ2) is 8.45. The first kappa shape index (κ1) is 19.2. The average Bonchev–Trinajstić information content (AvgIpc) is 2.76. The number of hydrogen-bond donors (Lipinski definition) is 1. The molecule has 5 heteroatoms. The van der Waals surface area contributed by atoms with Gasteiger partial charge < -0.3 is 4.74 Å². The minimum absolute atomic E-state index is 0.173. The highest BCUT2D eigenvalue weighted by molar-refractivity contribution is 9.10. The van der Waals surface area contributed by atoms with Gasteiger partial charge >= 0.3 is 0 Å². The molecule has 0 unspecified atom stereocenters. The Labute approximate surface area is 177 Å². The molecule has 0 saturated heterocycles. The molecule has 0 atom stereocenters. The summed E-state index contributed by atoms with van der Waals surface area (Å²) >= 11 is 3.56. The zero-order valence-electron chi connectivity index (χ0n) is 15.9. The van der Waals surface area contributed by atoms with Crippen LogP contribution in [0.3, 0.4) is 0 Å². The Kier molecular flexibility index (Phi) is 5.58. The number of nitrogens with zero attached hydrogens (tertiary/aromatic N) is 1. The summed E-state index contributed by atoms with van der Waals surface area (Å²) in [4.78, 5) is 12.5. The third-order valence-corrected chi connectivity index (χ3v) is 5.54. The van der Waals surface area contributed by atoms with Crippen molar-refractivity contribution in [2.24, 2.45) is 5.10 Å². The van der Waals surface area contributed by atoms with Gasteiger partial charge in [0.2, 0.25) is 5.91 Å². The fraction of sp³-hybridized carbons (Fsp3) is 0.0833. The molecule has 0 radical (unpaired) electrons. The normalized spacial score (nSPS) is 11.2. The van der Waals surface area contributed by atoms with Gasteiger partial charge in [-0.3, -0.25) is 4.79 Å². The van der Waals surface area contributed by atoms with Crippen LogP contribution in [-0.2, 0) is 11.2 Å². The molecule has 0 bridgehead atoms. The van der Waals surface area contributed by atoms with E-state index in [1.165, 1.54) is 0 Å². The van der Waals surface area contributed by atoms with Gasteiger partial charge in [0, 0.05) is 10.0 Å². The van der Waals surface area contributed by atoms with Crippen LogP contribution in [0, 0.1) is 0 Å². The molecule has 0 spiro atoms. The highest BCUT2D eigenvalue weighted by Crippen LogP contribution is 2.28. The van der Waals surface area contributed by atoms with Crippen LogP contribution >= 0.6 is 15.9 Å². The summed E-state index contributed by atoms with van der Waals surface area (Å²) in [6.07, 6.45) is 1.89. The lowest BCUT2D eigenvalue weighted by Gasteiger charge is -2.09. The number of benzene rings is 4. The summed E-state index contributed by atoms with van der Waals surface area (Å²) in [5, 5.41) is 8.42. The lowest BCUT2D eigenvalue weighted by atomic mass is 10.0. The Hall–Kier alpha value is -3.18. The first-order valence-electron chi connectivity index (χ1n) is 9.21. The fourth-order valence-electron chi connectivity index (χ4n) is 3.45. The molecule has 1 N–H and O–H groups in total. The van der Waals surface area contributed by atoms with E-state index >= 15 is 0 Å². The number of hydrazone groups is 1. The Morgan fingerprint density at radius 1 is 0.966 bits per heavy atom. The molecule has 29 heavy (non-hydrogen) atoms. The third kappa shape index (κ3) is 4.00. The smallest absolute Gasteiger partial charge is 0.244 e. The van der Waals surface area contributed by atoms with Crippen LogP contribution in [0.15, 0.2) is 82.4 Å². The molecule has 4 nitrogen and oxygen atoms in total. The molecule has 0 aliphatic carbocycles. The number of amides is 1. The lowest BCUT2D eigenvalue weighted by molar-refractivity contribution is -0.120. The maximum atomic E-state index is 12.5. The quantitative estimate of drug-likeness (QED) is 0.327. The Morgan fingerprint density at radius 2 is 1.69 bits per heavy atom. The standard InChI is InChI=1S/C24H19BrN2O2/c1-29-23-13-11-16-6-2-3-7-18(16)21(23)15-26-27-24(28)14-17-10-12-22(25)20-9-5-4-8-19(17)20/h2-13,15H,14H2,1H3,(H,27,28)/b26-15-. The summed E-state index contributed by atoms with van der Waals surface area (Å²) in [7, 11) is 1.62. The van der Waals surface area contributed by atoms with Crippen LogP contribution in [-0.4, -0.2) is 19.2 Å². The van der Waals surface area contributed by atoms with Crippen molar-refractivity contribution >= 4 is 49.6 Å². The molecule has 0 aromatic heterocycles. The van der Waals surface area contributed by atoms with E-state index < -0.39 is 0 Å². The van der Waals surface area contributed by atoms with Crippen molar-refractivity contribution in [3.8, 4) is 5.75 Å². The van der Waals surface area contributed by atoms with Crippen molar-refractivity contribution in [1.29, 1.82) is 0 Å². The van der Waals surface area contributed by atoms with Gasteiger partial charge in [0.15, 0.2) is 0 Å². The first-order chi connectivity index (χ1) is 14.2. The maximum absolute atomic E-state index is 12.5. The first-order valence-corrected chi connectivity index (χ1v) is 10.0. The van der Waals surface area contributed by atoms with Crippen molar-refractivity contribution in [2.45, 2.75) is 6.42 Å². The van der Waals surface area contributed by atoms with E-state index in [4.69, 9.17) is 4.74 Å². The number of hydrogen-bond acceptors (Lipinski definition) is 3. The van der Waals surface area contributed by atoms with Crippen LogP contribution in [0.25, 0.3) is 21.5 Å². The van der Waals surface area contributed by atoms with E-state index in [1.54, 1.807) is 13.3 Å². The van der Waals surface area contributed by atoms with Gasteiger partial charge in [-0.25, -0.2) is 5.43 Å². The van der Waals surface area contributed by atoms with Gasteiger partial charge in [-0.1, -0.05) is 76.6 Å². The van der Waals surface area contributed by atoms with E-state index in [2.05, 4.69) is 26.5 Å². The number of carbonyl (C=O) groups is 1. The number of carbonyl (C=O) groups excluding carboxylic acids is 1. The Balaban J connectivity index is 1.55. The van der Waals surface area contributed by atoms with Crippen molar-refractivity contribution in [3.63, 3.8) is 0 Å². The fourth-order valence-corrected chi connectivity index (χ4v) is 3.92. The van der Waals surface area contributed by atoms with Gasteiger partial charge in [-0.05, 0) is 39.2 Å². The van der Waals surface area contributed by atoms with Crippen LogP contribution in [0.4, 0.5) is 0 Å². The third-order valence-electron chi connectivity index (χ3n) is 4.85. The van der Waals surface area contributed by atoms with E-state index in [0.29, 0.717) is 5.75 Å². The average molecular weight is 447 g/mol. The molecule has 1 amide bonds. The predicted molar refractivity (Wildman–Crippen MR) is 122 cm³/mol. The maximum Gasteiger partial charge on any atom is 0.244 e. The molecular weight excluding hydrogens is 428 g/mol. The van der Waals surface area contributed by atoms with E-state index in [1.807, 2.05) is 72.8 Å². The van der Waals surface area contributed by atoms with Crippen LogP contribution < -0.4 is 10.2 Å².